The largest absolute Gasteiger partial charge is 0.368 e. The third-order valence-electron chi connectivity index (χ3n) is 7.93. The molecule has 6 rings (SSSR count). The number of hydrogen-bond acceptors (Lipinski definition) is 4. The van der Waals surface area contributed by atoms with E-state index >= 15 is 0 Å². The van der Waals surface area contributed by atoms with Crippen molar-refractivity contribution in [1.82, 2.24) is 14.5 Å². The predicted octanol–water partition coefficient (Wildman–Crippen LogP) is 5.51. The molecule has 35 heavy (non-hydrogen) atoms. The second-order valence-electron chi connectivity index (χ2n) is 10.3. The summed E-state index contributed by atoms with van der Waals surface area (Å²) < 4.78 is 2.42. The lowest BCUT2D eigenvalue weighted by molar-refractivity contribution is 0.102. The molecule has 0 bridgehead atoms. The number of piperazine rings is 1. The molecular weight excluding hydrogens is 430 g/mol. The van der Waals surface area contributed by atoms with Gasteiger partial charge in [0.2, 0.25) is 0 Å². The Morgan fingerprint density at radius 1 is 0.829 bits per heavy atom. The summed E-state index contributed by atoms with van der Waals surface area (Å²) in [4.78, 5) is 12.6. The van der Waals surface area contributed by atoms with Crippen LogP contribution in [-0.2, 0) is 6.54 Å². The zero-order chi connectivity index (χ0) is 23.8. The van der Waals surface area contributed by atoms with Crippen LogP contribution in [0.15, 0.2) is 79.0 Å². The molecule has 1 aliphatic heterocycles. The van der Waals surface area contributed by atoms with Gasteiger partial charge in [0, 0.05) is 62.1 Å². The Morgan fingerprint density at radius 3 is 2.29 bits per heavy atom. The number of nitrogens with zero attached hydrogens (tertiary/aromatic N) is 5. The molecule has 1 saturated carbocycles. The predicted molar refractivity (Wildman–Crippen MR) is 145 cm³/mol. The van der Waals surface area contributed by atoms with Crippen molar-refractivity contribution in [1.29, 1.82) is 0 Å². The number of hydrogen-bond donors (Lipinski definition) is 0. The maximum Gasteiger partial charge on any atom is 0.142 e. The number of benzene rings is 2. The van der Waals surface area contributed by atoms with E-state index < -0.39 is 0 Å². The summed E-state index contributed by atoms with van der Waals surface area (Å²) in [6.07, 6.45) is 4.62. The molecule has 0 atom stereocenters. The Morgan fingerprint density at radius 2 is 1.54 bits per heavy atom. The average Bonchev–Trinajstić information content (AvgIpc) is 3.27. The van der Waals surface area contributed by atoms with Gasteiger partial charge >= 0.3 is 0 Å². The van der Waals surface area contributed by atoms with Gasteiger partial charge in [-0.15, -0.1) is 0 Å². The summed E-state index contributed by atoms with van der Waals surface area (Å²) in [6, 6.07) is 27.5. The molecule has 4 aromatic rings. The van der Waals surface area contributed by atoms with E-state index in [0.29, 0.717) is 12.1 Å². The first-order valence-corrected chi connectivity index (χ1v) is 12.9. The number of aromatic nitrogens is 2. The van der Waals surface area contributed by atoms with Gasteiger partial charge in [-0.25, -0.2) is 4.98 Å². The second-order valence-corrected chi connectivity index (χ2v) is 10.3. The van der Waals surface area contributed by atoms with Gasteiger partial charge in [-0.05, 0) is 62.7 Å². The van der Waals surface area contributed by atoms with Crippen LogP contribution in [-0.4, -0.2) is 53.7 Å². The molecule has 2 aliphatic rings. The summed E-state index contributed by atoms with van der Waals surface area (Å²) in [6.45, 7) is 7.23. The molecular formula is C30H35N5. The maximum absolute atomic E-state index is 5.17. The Kier molecular flexibility index (Phi) is 5.95. The van der Waals surface area contributed by atoms with Crippen molar-refractivity contribution >= 4 is 22.5 Å². The van der Waals surface area contributed by atoms with Crippen LogP contribution >= 0.6 is 0 Å². The zero-order valence-electron chi connectivity index (χ0n) is 20.8. The minimum atomic E-state index is 0.539. The van der Waals surface area contributed by atoms with Crippen molar-refractivity contribution in [3.05, 3.63) is 90.1 Å². The highest BCUT2D eigenvalue weighted by molar-refractivity contribution is 5.78. The first-order chi connectivity index (χ1) is 17.1. The number of rotatable bonds is 6. The molecule has 2 aromatic heterocycles. The molecule has 1 aliphatic carbocycles. The van der Waals surface area contributed by atoms with Gasteiger partial charge in [-0.2, -0.15) is 0 Å². The third-order valence-corrected chi connectivity index (χ3v) is 7.93. The molecule has 3 heterocycles. The molecule has 5 heteroatoms. The molecule has 180 valence electrons. The quantitative estimate of drug-likeness (QED) is 0.375. The second kappa shape index (κ2) is 9.38. The van der Waals surface area contributed by atoms with Crippen LogP contribution in [0.2, 0.25) is 0 Å². The van der Waals surface area contributed by atoms with Crippen molar-refractivity contribution in [2.75, 3.05) is 43.0 Å². The van der Waals surface area contributed by atoms with E-state index in [0.717, 1.165) is 44.2 Å². The lowest BCUT2D eigenvalue weighted by Crippen LogP contribution is -2.46. The summed E-state index contributed by atoms with van der Waals surface area (Å²) in [5, 5.41) is 1.24. The maximum atomic E-state index is 5.17. The summed E-state index contributed by atoms with van der Waals surface area (Å²) in [7, 11) is 2.26. The van der Waals surface area contributed by atoms with Gasteiger partial charge in [0.05, 0.1) is 0 Å². The van der Waals surface area contributed by atoms with Crippen molar-refractivity contribution in [2.45, 2.75) is 38.4 Å². The third kappa shape index (κ3) is 4.53. The monoisotopic (exact) mass is 465 g/mol. The molecule has 5 nitrogen and oxygen atoms in total. The van der Waals surface area contributed by atoms with Crippen molar-refractivity contribution in [3.8, 4) is 0 Å². The SMILES string of the molecule is Cc1ccc(N2CCN(c3ccc4ccn(C5CC(N(C)Cc6ccccc6)C5)c4n3)CC2)cc1. The van der Waals surface area contributed by atoms with Gasteiger partial charge in [-0.3, -0.25) is 4.90 Å². The Hall–Kier alpha value is -3.31. The van der Waals surface area contributed by atoms with Crippen LogP contribution < -0.4 is 9.80 Å². The van der Waals surface area contributed by atoms with Crippen molar-refractivity contribution in [2.24, 2.45) is 0 Å². The highest BCUT2D eigenvalue weighted by Gasteiger charge is 2.34. The Labute approximate surface area is 208 Å². The molecule has 0 N–H and O–H groups in total. The molecule has 0 unspecified atom stereocenters. The number of aryl methyl sites for hydroxylation is 1. The highest BCUT2D eigenvalue weighted by Crippen LogP contribution is 2.38. The molecule has 2 aromatic carbocycles. The van der Waals surface area contributed by atoms with Crippen LogP contribution in [0.25, 0.3) is 11.0 Å². The normalized spacial score (nSPS) is 20.4. The number of anilines is 2. The van der Waals surface area contributed by atoms with Gasteiger partial charge in [0.1, 0.15) is 11.5 Å². The average molecular weight is 466 g/mol. The Balaban J connectivity index is 1.10. The smallest absolute Gasteiger partial charge is 0.142 e. The van der Waals surface area contributed by atoms with E-state index in [4.69, 9.17) is 4.98 Å². The lowest BCUT2D eigenvalue weighted by Gasteiger charge is -2.42. The fraction of sp³-hybridized carbons (Fsp3) is 0.367. The van der Waals surface area contributed by atoms with Gasteiger partial charge in [0.25, 0.3) is 0 Å². The van der Waals surface area contributed by atoms with E-state index in [1.807, 2.05) is 0 Å². The minimum absolute atomic E-state index is 0.539. The first-order valence-electron chi connectivity index (χ1n) is 12.9. The van der Waals surface area contributed by atoms with Crippen LogP contribution in [0.5, 0.6) is 0 Å². The van der Waals surface area contributed by atoms with Crippen molar-refractivity contribution < 1.29 is 0 Å². The van der Waals surface area contributed by atoms with Crippen LogP contribution in [0.3, 0.4) is 0 Å². The standard InChI is InChI=1S/C30H35N5/c1-23-8-11-26(12-9-23)33-16-18-34(19-17-33)29-13-10-25-14-15-35(30(25)31-29)28-20-27(21-28)32(2)22-24-6-4-3-5-7-24/h3-15,27-28H,16-22H2,1-2H3. The van der Waals surface area contributed by atoms with Crippen molar-refractivity contribution in [3.63, 3.8) is 0 Å². The number of pyridine rings is 1. The van der Waals surface area contributed by atoms with E-state index in [9.17, 15) is 0 Å². The fourth-order valence-electron chi connectivity index (χ4n) is 5.58. The summed E-state index contributed by atoms with van der Waals surface area (Å²) >= 11 is 0. The highest BCUT2D eigenvalue weighted by atomic mass is 15.3. The lowest BCUT2D eigenvalue weighted by atomic mass is 9.85. The summed E-state index contributed by atoms with van der Waals surface area (Å²) in [5.74, 6) is 1.11. The van der Waals surface area contributed by atoms with E-state index in [1.165, 1.54) is 35.0 Å². The van der Waals surface area contributed by atoms with E-state index in [2.05, 4.69) is 112 Å². The molecule has 0 radical (unpaired) electrons. The molecule has 0 amide bonds. The van der Waals surface area contributed by atoms with E-state index in [-0.39, 0.29) is 0 Å². The summed E-state index contributed by atoms with van der Waals surface area (Å²) in [5.41, 5.74) is 5.16. The fourth-order valence-corrected chi connectivity index (χ4v) is 5.58. The minimum Gasteiger partial charge on any atom is -0.368 e. The van der Waals surface area contributed by atoms with E-state index in [1.54, 1.807) is 0 Å². The van der Waals surface area contributed by atoms with Gasteiger partial charge < -0.3 is 14.4 Å². The van der Waals surface area contributed by atoms with Gasteiger partial charge in [0.15, 0.2) is 0 Å². The first kappa shape index (κ1) is 22.2. The molecule has 1 saturated heterocycles. The van der Waals surface area contributed by atoms with Crippen LogP contribution in [0, 0.1) is 6.92 Å². The molecule has 2 fully saturated rings. The van der Waals surface area contributed by atoms with Crippen LogP contribution in [0.1, 0.15) is 30.0 Å². The Bertz CT molecular complexity index is 1270. The topological polar surface area (TPSA) is 27.5 Å². The zero-order valence-corrected chi connectivity index (χ0v) is 20.8. The number of fused-ring (bicyclic) bond motifs is 1. The van der Waals surface area contributed by atoms with Crippen LogP contribution in [0.4, 0.5) is 11.5 Å². The van der Waals surface area contributed by atoms with Gasteiger partial charge in [-0.1, -0.05) is 48.0 Å². The molecule has 0 spiro atoms.